The molecule has 0 aromatic heterocycles. The Balaban J connectivity index is 1.72. The summed E-state index contributed by atoms with van der Waals surface area (Å²) in [4.78, 5) is 29.5. The first-order chi connectivity index (χ1) is 20.5. The van der Waals surface area contributed by atoms with Crippen molar-refractivity contribution in [2.45, 2.75) is 23.6 Å². The van der Waals surface area contributed by atoms with Crippen LogP contribution < -0.4 is 4.74 Å². The molecule has 0 aliphatic rings. The summed E-state index contributed by atoms with van der Waals surface area (Å²) in [6, 6.07) is 20.3. The van der Waals surface area contributed by atoms with E-state index < -0.39 is 39.8 Å². The van der Waals surface area contributed by atoms with E-state index in [2.05, 4.69) is 15.9 Å². The van der Waals surface area contributed by atoms with Crippen molar-refractivity contribution in [3.05, 3.63) is 117 Å². The molecule has 0 saturated heterocycles. The molecule has 0 aliphatic heterocycles. The van der Waals surface area contributed by atoms with E-state index in [9.17, 15) is 31.7 Å². The molecular weight excluding hydrogens is 707 g/mol. The van der Waals surface area contributed by atoms with Crippen LogP contribution >= 0.6 is 35.1 Å². The molecule has 3 N–H and O–H groups in total. The third-order valence-electron chi connectivity index (χ3n) is 6.56. The number of carboxylic acid groups (broad SMARTS) is 1. The number of carbonyl (C=O) groups is 1. The molecule has 15 heteroatoms. The van der Waals surface area contributed by atoms with Gasteiger partial charge in [-0.05, 0) is 58.7 Å². The molecule has 0 heterocycles. The lowest BCUT2D eigenvalue weighted by molar-refractivity contribution is 0.0565. The van der Waals surface area contributed by atoms with E-state index in [1.807, 2.05) is 0 Å². The van der Waals surface area contributed by atoms with Crippen molar-refractivity contribution in [3.8, 4) is 16.9 Å². The fourth-order valence-electron chi connectivity index (χ4n) is 4.34. The van der Waals surface area contributed by atoms with Crippen molar-refractivity contribution in [2.24, 2.45) is 0 Å². The normalized spacial score (nSPS) is 12.4. The second-order valence-electron chi connectivity index (χ2n) is 9.55. The molecule has 0 aliphatic carbocycles. The van der Waals surface area contributed by atoms with Gasteiger partial charge in [-0.1, -0.05) is 76.1 Å². The van der Waals surface area contributed by atoms with E-state index in [1.54, 1.807) is 36.4 Å². The standard InChI is InChI=1S/C29H24BrClF2NO8PS/c1-42-26-4-2-3-5-27(26)44(40,41)34(17-19-8-11-24(25(31)12-19)29(32,33)43(37,38)39)16-18-6-9-20(10-7-18)21-13-22(28(35)36)15-23(30)14-21/h2-15H,16-17H2,1H3,(H,35,36)(H2,37,38,39). The largest absolute Gasteiger partial charge is 0.495 e. The third kappa shape index (κ3) is 7.21. The van der Waals surface area contributed by atoms with Crippen LogP contribution in [0.25, 0.3) is 11.1 Å². The Bertz CT molecular complexity index is 1870. The number of ether oxygens (including phenoxy) is 1. The lowest BCUT2D eigenvalue weighted by Gasteiger charge is -2.24. The molecule has 0 atom stereocenters. The van der Waals surface area contributed by atoms with E-state index in [0.29, 0.717) is 21.2 Å². The predicted octanol–water partition coefficient (Wildman–Crippen LogP) is 7.09. The Labute approximate surface area is 265 Å². The molecule has 4 rings (SSSR count). The van der Waals surface area contributed by atoms with Crippen molar-refractivity contribution in [1.82, 2.24) is 4.31 Å². The van der Waals surface area contributed by atoms with E-state index >= 15 is 0 Å². The summed E-state index contributed by atoms with van der Waals surface area (Å²) in [6.07, 6.45) is 0. The maximum atomic E-state index is 14.3. The SMILES string of the molecule is COc1ccccc1S(=O)(=O)N(Cc1ccc(-c2cc(Br)cc(C(=O)O)c2)cc1)Cc1ccc(C(F)(F)P(=O)(O)O)c(Cl)c1. The minimum atomic E-state index is -5.89. The summed E-state index contributed by atoms with van der Waals surface area (Å²) in [5.74, 6) is -1.02. The lowest BCUT2D eigenvalue weighted by Crippen LogP contribution is -2.30. The number of hydrogen-bond acceptors (Lipinski definition) is 5. The predicted molar refractivity (Wildman–Crippen MR) is 163 cm³/mol. The Kier molecular flexibility index (Phi) is 10.0. The minimum absolute atomic E-state index is 0.0754. The van der Waals surface area contributed by atoms with Gasteiger partial charge in [-0.15, -0.1) is 0 Å². The smallest absolute Gasteiger partial charge is 0.399 e. The van der Waals surface area contributed by atoms with Crippen molar-refractivity contribution < 1.29 is 46.2 Å². The van der Waals surface area contributed by atoms with Crippen molar-refractivity contribution in [1.29, 1.82) is 0 Å². The number of para-hydroxylation sites is 1. The number of halogens is 4. The molecule has 44 heavy (non-hydrogen) atoms. The molecule has 0 radical (unpaired) electrons. The average molecular weight is 731 g/mol. The second kappa shape index (κ2) is 13.1. The third-order valence-corrected chi connectivity index (χ3v) is 10.1. The molecule has 4 aromatic rings. The van der Waals surface area contributed by atoms with Crippen LogP contribution in [-0.2, 0) is 33.3 Å². The topological polar surface area (TPSA) is 141 Å². The molecule has 0 amide bonds. The average Bonchev–Trinajstić information content (AvgIpc) is 2.96. The summed E-state index contributed by atoms with van der Waals surface area (Å²) in [7, 11) is -8.85. The van der Waals surface area contributed by atoms with Crippen molar-refractivity contribution in [2.75, 3.05) is 7.11 Å². The Morgan fingerprint density at radius 2 is 1.57 bits per heavy atom. The van der Waals surface area contributed by atoms with Crippen LogP contribution in [0.15, 0.2) is 94.3 Å². The zero-order chi connectivity index (χ0) is 32.4. The number of sulfonamides is 1. The molecule has 0 fully saturated rings. The molecule has 232 valence electrons. The fourth-order valence-corrected chi connectivity index (χ4v) is 7.31. The van der Waals surface area contributed by atoms with Crippen LogP contribution in [0.4, 0.5) is 8.78 Å². The fraction of sp³-hybridized carbons (Fsp3) is 0.138. The number of hydrogen-bond donors (Lipinski definition) is 3. The molecule has 9 nitrogen and oxygen atoms in total. The van der Waals surface area contributed by atoms with Gasteiger partial charge in [-0.3, -0.25) is 4.57 Å². The number of methoxy groups -OCH3 is 1. The van der Waals surface area contributed by atoms with Gasteiger partial charge in [-0.2, -0.15) is 13.1 Å². The number of nitrogens with zero attached hydrogens (tertiary/aromatic N) is 1. The van der Waals surface area contributed by atoms with Crippen LogP contribution in [0, 0.1) is 0 Å². The summed E-state index contributed by atoms with van der Waals surface area (Å²) < 4.78 is 74.8. The second-order valence-corrected chi connectivity index (χ2v) is 14.4. The first kappa shape index (κ1) is 33.7. The zero-order valence-corrected chi connectivity index (χ0v) is 26.7. The number of carboxylic acids is 1. The first-order valence-electron chi connectivity index (χ1n) is 12.5. The Morgan fingerprint density at radius 1 is 0.955 bits per heavy atom. The summed E-state index contributed by atoms with van der Waals surface area (Å²) in [6.45, 7) is -0.533. The maximum absolute atomic E-state index is 14.3. The summed E-state index contributed by atoms with van der Waals surface area (Å²) >= 11 is 9.31. The summed E-state index contributed by atoms with van der Waals surface area (Å²) in [5, 5.41) is 8.74. The molecule has 4 aromatic carbocycles. The molecule has 0 saturated carbocycles. The number of benzene rings is 4. The lowest BCUT2D eigenvalue weighted by atomic mass is 10.0. The van der Waals surface area contributed by atoms with Gasteiger partial charge in [0.05, 0.1) is 23.3 Å². The van der Waals surface area contributed by atoms with Gasteiger partial charge in [0.2, 0.25) is 10.0 Å². The van der Waals surface area contributed by atoms with Crippen LogP contribution in [0.3, 0.4) is 0 Å². The zero-order valence-electron chi connectivity index (χ0n) is 22.7. The van der Waals surface area contributed by atoms with Crippen LogP contribution in [0.2, 0.25) is 5.02 Å². The highest BCUT2D eigenvalue weighted by atomic mass is 79.9. The minimum Gasteiger partial charge on any atom is -0.495 e. The van der Waals surface area contributed by atoms with Gasteiger partial charge in [0, 0.05) is 17.6 Å². The van der Waals surface area contributed by atoms with Crippen molar-refractivity contribution in [3.63, 3.8) is 0 Å². The molecule has 0 unspecified atom stereocenters. The van der Waals surface area contributed by atoms with Crippen LogP contribution in [0.1, 0.15) is 27.0 Å². The highest BCUT2D eigenvalue weighted by molar-refractivity contribution is 9.10. The Hall–Kier alpha value is -3.16. The van der Waals surface area contributed by atoms with Gasteiger partial charge >= 0.3 is 19.2 Å². The number of alkyl halides is 2. The van der Waals surface area contributed by atoms with Gasteiger partial charge in [0.25, 0.3) is 0 Å². The number of rotatable bonds is 11. The molecule has 0 bridgehead atoms. The van der Waals surface area contributed by atoms with Gasteiger partial charge in [0.15, 0.2) is 0 Å². The molecule has 0 spiro atoms. The van der Waals surface area contributed by atoms with E-state index in [0.717, 1.165) is 22.5 Å². The maximum Gasteiger partial charge on any atom is 0.399 e. The molecular formula is C29H24BrClF2NO8PS. The van der Waals surface area contributed by atoms with E-state index in [4.69, 9.17) is 26.1 Å². The van der Waals surface area contributed by atoms with Gasteiger partial charge in [-0.25, -0.2) is 13.2 Å². The summed E-state index contributed by atoms with van der Waals surface area (Å²) in [5.41, 5.74) is -3.57. The first-order valence-corrected chi connectivity index (χ1v) is 16.8. The highest BCUT2D eigenvalue weighted by Gasteiger charge is 2.51. The number of aromatic carboxylic acids is 1. The van der Waals surface area contributed by atoms with E-state index in [-0.39, 0.29) is 34.9 Å². The van der Waals surface area contributed by atoms with Crippen LogP contribution in [0.5, 0.6) is 5.75 Å². The van der Waals surface area contributed by atoms with Gasteiger partial charge < -0.3 is 19.6 Å². The van der Waals surface area contributed by atoms with Gasteiger partial charge in [0.1, 0.15) is 10.6 Å². The highest BCUT2D eigenvalue weighted by Crippen LogP contribution is 2.60. The quantitative estimate of drug-likeness (QED) is 0.139. The Morgan fingerprint density at radius 3 is 2.16 bits per heavy atom. The van der Waals surface area contributed by atoms with Crippen molar-refractivity contribution >= 4 is 51.1 Å². The van der Waals surface area contributed by atoms with E-state index in [1.165, 1.54) is 37.4 Å². The van der Waals surface area contributed by atoms with Crippen LogP contribution in [-0.4, -0.2) is 40.7 Å². The monoisotopic (exact) mass is 729 g/mol.